The number of benzene rings is 10. The van der Waals surface area contributed by atoms with Crippen LogP contribution in [-0.2, 0) is 0 Å². The van der Waals surface area contributed by atoms with Gasteiger partial charge in [-0.25, -0.2) is 0 Å². The van der Waals surface area contributed by atoms with Gasteiger partial charge in [0, 0.05) is 32.8 Å². The van der Waals surface area contributed by atoms with Gasteiger partial charge < -0.3 is 9.47 Å². The lowest BCUT2D eigenvalue weighted by Gasteiger charge is -2.30. The van der Waals surface area contributed by atoms with E-state index in [1.807, 2.05) is 0 Å². The SMILES string of the molecule is c1ccc(-c2ccc(N(c3ccccc3)c3ccc4ccc5c(-n6c7ccccc7c7ccccc76)ccc6ccc3c4c65)c(-c3ccccc3)c2)cc1. The van der Waals surface area contributed by atoms with E-state index in [0.717, 1.165) is 17.1 Å². The molecule has 0 aliphatic rings. The molecule has 11 aromatic rings. The molecule has 2 nitrogen and oxygen atoms in total. The highest BCUT2D eigenvalue weighted by molar-refractivity contribution is 6.27. The zero-order chi connectivity index (χ0) is 35.6. The summed E-state index contributed by atoms with van der Waals surface area (Å²) in [6.45, 7) is 0. The van der Waals surface area contributed by atoms with Crippen LogP contribution < -0.4 is 4.90 Å². The summed E-state index contributed by atoms with van der Waals surface area (Å²) in [5.74, 6) is 0. The summed E-state index contributed by atoms with van der Waals surface area (Å²) in [4.78, 5) is 2.46. The standard InChI is InChI=1S/C52H34N2/c1-4-14-35(15-5-1)39-28-33-50(45(34-39)36-16-6-2-7-17-36)53(40-18-8-3-9-19-40)48-31-26-37-25-30-44-49(32-27-38-24-29-43(48)51(37)52(38)44)54-46-22-12-10-20-41(46)42-21-11-13-23-47(42)54/h1-34H. The minimum atomic E-state index is 1.11. The Morgan fingerprint density at radius 1 is 0.333 bits per heavy atom. The molecule has 252 valence electrons. The Balaban J connectivity index is 1.19. The molecule has 2 heteroatoms. The van der Waals surface area contributed by atoms with Gasteiger partial charge in [0.15, 0.2) is 0 Å². The molecule has 0 unspecified atom stereocenters. The highest BCUT2D eigenvalue weighted by Gasteiger charge is 2.23. The zero-order valence-electron chi connectivity index (χ0n) is 29.5. The molecule has 0 N–H and O–H groups in total. The van der Waals surface area contributed by atoms with E-state index in [0.29, 0.717) is 0 Å². The molecule has 10 aromatic carbocycles. The Bertz CT molecular complexity index is 3090. The van der Waals surface area contributed by atoms with E-state index in [1.165, 1.54) is 82.1 Å². The summed E-state index contributed by atoms with van der Waals surface area (Å²) in [6.07, 6.45) is 0. The third-order valence-corrected chi connectivity index (χ3v) is 11.1. The van der Waals surface area contributed by atoms with Crippen molar-refractivity contribution in [2.24, 2.45) is 0 Å². The van der Waals surface area contributed by atoms with Crippen LogP contribution in [0.4, 0.5) is 17.1 Å². The first-order valence-electron chi connectivity index (χ1n) is 18.6. The van der Waals surface area contributed by atoms with Crippen LogP contribution in [0.2, 0.25) is 0 Å². The molecule has 1 aromatic heterocycles. The molecule has 11 rings (SSSR count). The summed E-state index contributed by atoms with van der Waals surface area (Å²) in [5, 5.41) is 10.1. The number of nitrogens with zero attached hydrogens (tertiary/aromatic N) is 2. The van der Waals surface area contributed by atoms with Gasteiger partial charge in [-0.1, -0.05) is 158 Å². The van der Waals surface area contributed by atoms with E-state index in [1.54, 1.807) is 0 Å². The summed E-state index contributed by atoms with van der Waals surface area (Å²) in [5.41, 5.74) is 11.8. The molecule has 0 amide bonds. The highest BCUT2D eigenvalue weighted by Crippen LogP contribution is 2.48. The first kappa shape index (κ1) is 30.5. The van der Waals surface area contributed by atoms with Gasteiger partial charge in [0.25, 0.3) is 0 Å². The molecule has 0 fully saturated rings. The van der Waals surface area contributed by atoms with Gasteiger partial charge in [0.2, 0.25) is 0 Å². The second-order valence-electron chi connectivity index (χ2n) is 14.1. The fourth-order valence-electron chi connectivity index (χ4n) is 8.72. The molecular weight excluding hydrogens is 653 g/mol. The highest BCUT2D eigenvalue weighted by atomic mass is 15.1. The van der Waals surface area contributed by atoms with Crippen LogP contribution in [0.15, 0.2) is 206 Å². The van der Waals surface area contributed by atoms with Crippen LogP contribution in [0.25, 0.3) is 82.1 Å². The number of hydrogen-bond acceptors (Lipinski definition) is 1. The average molecular weight is 687 g/mol. The normalized spacial score (nSPS) is 11.7. The lowest BCUT2D eigenvalue weighted by Crippen LogP contribution is -2.12. The minimum absolute atomic E-state index is 1.11. The number of fused-ring (bicyclic) bond motifs is 3. The van der Waals surface area contributed by atoms with Crippen LogP contribution in [0.3, 0.4) is 0 Å². The second-order valence-corrected chi connectivity index (χ2v) is 14.1. The van der Waals surface area contributed by atoms with Crippen molar-refractivity contribution in [1.29, 1.82) is 0 Å². The monoisotopic (exact) mass is 686 g/mol. The van der Waals surface area contributed by atoms with Crippen LogP contribution in [-0.4, -0.2) is 4.57 Å². The number of hydrogen-bond donors (Lipinski definition) is 0. The number of para-hydroxylation sites is 3. The molecule has 0 aliphatic heterocycles. The lowest BCUT2D eigenvalue weighted by atomic mass is 9.91. The van der Waals surface area contributed by atoms with Crippen molar-refractivity contribution in [3.8, 4) is 27.9 Å². The van der Waals surface area contributed by atoms with Crippen molar-refractivity contribution in [3.05, 3.63) is 206 Å². The van der Waals surface area contributed by atoms with E-state index < -0.39 is 0 Å². The smallest absolute Gasteiger partial charge is 0.0541 e. The molecular formula is C52H34N2. The number of rotatable bonds is 6. The first-order valence-corrected chi connectivity index (χ1v) is 18.6. The van der Waals surface area contributed by atoms with Crippen molar-refractivity contribution >= 4 is 71.2 Å². The number of anilines is 3. The fourth-order valence-corrected chi connectivity index (χ4v) is 8.72. The fraction of sp³-hybridized carbons (Fsp3) is 0. The van der Waals surface area contributed by atoms with Gasteiger partial charge in [0.05, 0.1) is 28.1 Å². The topological polar surface area (TPSA) is 8.17 Å². The predicted molar refractivity (Wildman–Crippen MR) is 230 cm³/mol. The summed E-state index contributed by atoms with van der Waals surface area (Å²) < 4.78 is 2.45. The quantitative estimate of drug-likeness (QED) is 0.158. The zero-order valence-corrected chi connectivity index (χ0v) is 29.5. The van der Waals surface area contributed by atoms with Crippen molar-refractivity contribution in [1.82, 2.24) is 4.57 Å². The maximum atomic E-state index is 2.46. The molecule has 54 heavy (non-hydrogen) atoms. The Hall–Kier alpha value is -7.16. The van der Waals surface area contributed by atoms with Gasteiger partial charge in [-0.3, -0.25) is 0 Å². The largest absolute Gasteiger partial charge is 0.309 e. The molecule has 0 spiro atoms. The van der Waals surface area contributed by atoms with E-state index in [-0.39, 0.29) is 0 Å². The summed E-state index contributed by atoms with van der Waals surface area (Å²) >= 11 is 0. The van der Waals surface area contributed by atoms with Crippen LogP contribution in [0.5, 0.6) is 0 Å². The van der Waals surface area contributed by atoms with Gasteiger partial charge in [-0.05, 0) is 86.8 Å². The average Bonchev–Trinajstić information content (AvgIpc) is 3.58. The van der Waals surface area contributed by atoms with Gasteiger partial charge in [-0.2, -0.15) is 0 Å². The van der Waals surface area contributed by atoms with Gasteiger partial charge >= 0.3 is 0 Å². The summed E-state index contributed by atoms with van der Waals surface area (Å²) in [7, 11) is 0. The van der Waals surface area contributed by atoms with Crippen LogP contribution in [0.1, 0.15) is 0 Å². The van der Waals surface area contributed by atoms with Crippen LogP contribution in [0, 0.1) is 0 Å². The third kappa shape index (κ3) is 4.67. The van der Waals surface area contributed by atoms with Crippen molar-refractivity contribution in [3.63, 3.8) is 0 Å². The molecule has 0 saturated carbocycles. The van der Waals surface area contributed by atoms with Crippen molar-refractivity contribution in [2.45, 2.75) is 0 Å². The van der Waals surface area contributed by atoms with Gasteiger partial charge in [-0.15, -0.1) is 0 Å². The lowest BCUT2D eigenvalue weighted by molar-refractivity contribution is 1.20. The Morgan fingerprint density at radius 3 is 1.54 bits per heavy atom. The maximum absolute atomic E-state index is 2.46. The Morgan fingerprint density at radius 2 is 0.852 bits per heavy atom. The molecule has 1 heterocycles. The molecule has 0 saturated heterocycles. The number of aromatic nitrogens is 1. The summed E-state index contributed by atoms with van der Waals surface area (Å²) in [6, 6.07) is 75.2. The Kier molecular flexibility index (Phi) is 6.90. The minimum Gasteiger partial charge on any atom is -0.309 e. The molecule has 0 radical (unpaired) electrons. The van der Waals surface area contributed by atoms with E-state index >= 15 is 0 Å². The second kappa shape index (κ2) is 12.2. The van der Waals surface area contributed by atoms with E-state index in [9.17, 15) is 0 Å². The van der Waals surface area contributed by atoms with Crippen molar-refractivity contribution < 1.29 is 0 Å². The van der Waals surface area contributed by atoms with Gasteiger partial charge in [0.1, 0.15) is 0 Å². The molecule has 0 bridgehead atoms. The first-order chi connectivity index (χ1) is 26.8. The maximum Gasteiger partial charge on any atom is 0.0541 e. The van der Waals surface area contributed by atoms with Crippen LogP contribution >= 0.6 is 0 Å². The predicted octanol–water partition coefficient (Wildman–Crippen LogP) is 14.5. The third-order valence-electron chi connectivity index (χ3n) is 11.1. The van der Waals surface area contributed by atoms with E-state index in [4.69, 9.17) is 0 Å². The molecule has 0 aliphatic carbocycles. The van der Waals surface area contributed by atoms with Crippen molar-refractivity contribution in [2.75, 3.05) is 4.90 Å². The van der Waals surface area contributed by atoms with E-state index in [2.05, 4.69) is 216 Å². The molecule has 0 atom stereocenters. The Labute approximate surface area is 313 Å².